The summed E-state index contributed by atoms with van der Waals surface area (Å²) in [6.45, 7) is 0. The summed E-state index contributed by atoms with van der Waals surface area (Å²) in [5.74, 6) is -0.267. The van der Waals surface area contributed by atoms with E-state index in [4.69, 9.17) is 0 Å². The molecule has 0 aliphatic rings. The zero-order chi connectivity index (χ0) is 20.0. The Balaban J connectivity index is 1.74. The normalized spacial score (nSPS) is 12.3. The molecule has 0 spiro atoms. The fourth-order valence-corrected chi connectivity index (χ4v) is 3.94. The summed E-state index contributed by atoms with van der Waals surface area (Å²) >= 11 is 0. The molecule has 5 rings (SSSR count). The molecule has 6 heteroatoms. The van der Waals surface area contributed by atoms with Gasteiger partial charge in [0.05, 0.1) is 0 Å². The van der Waals surface area contributed by atoms with Crippen molar-refractivity contribution in [1.82, 2.24) is 15.0 Å². The Bertz CT molecular complexity index is 1220. The van der Waals surface area contributed by atoms with Crippen molar-refractivity contribution in [3.63, 3.8) is 0 Å². The van der Waals surface area contributed by atoms with Gasteiger partial charge in [0.25, 0.3) is 0 Å². The van der Waals surface area contributed by atoms with Gasteiger partial charge in [0.2, 0.25) is 0 Å². The van der Waals surface area contributed by atoms with Crippen LogP contribution in [0.4, 0.5) is 13.2 Å². The molecule has 5 aromatic rings. The fourth-order valence-electron chi connectivity index (χ4n) is 3.94. The third kappa shape index (κ3) is 2.97. The number of rotatable bonds is 3. The van der Waals surface area contributed by atoms with E-state index >= 15 is 0 Å². The van der Waals surface area contributed by atoms with E-state index < -0.39 is 11.9 Å². The molecular weight excluding hydrogens is 375 g/mol. The number of fused-ring (bicyclic) bond motifs is 2. The molecular formula is C23H16F3N3. The molecule has 0 radical (unpaired) electrons. The van der Waals surface area contributed by atoms with Crippen molar-refractivity contribution in [2.24, 2.45) is 0 Å². The molecule has 0 saturated carbocycles. The van der Waals surface area contributed by atoms with E-state index in [1.54, 1.807) is 0 Å². The largest absolute Gasteiger partial charge is 0.433 e. The quantitative estimate of drug-likeness (QED) is 0.375. The summed E-state index contributed by atoms with van der Waals surface area (Å²) in [5, 5.41) is 2.06. The summed E-state index contributed by atoms with van der Waals surface area (Å²) in [6.07, 6.45) is 0.718. The van der Waals surface area contributed by atoms with E-state index in [2.05, 4.69) is 15.0 Å². The Morgan fingerprint density at radius 2 is 1.28 bits per heavy atom. The number of benzene rings is 2. The average molecular weight is 391 g/mol. The van der Waals surface area contributed by atoms with Crippen molar-refractivity contribution < 1.29 is 13.2 Å². The van der Waals surface area contributed by atoms with Gasteiger partial charge in [0.15, 0.2) is 0 Å². The van der Waals surface area contributed by atoms with Gasteiger partial charge in [0.1, 0.15) is 5.69 Å². The number of nitrogens with one attached hydrogen (secondary N) is 2. The lowest BCUT2D eigenvalue weighted by Crippen LogP contribution is -2.09. The minimum Gasteiger partial charge on any atom is -0.361 e. The summed E-state index contributed by atoms with van der Waals surface area (Å²) in [5.41, 5.74) is 3.75. The van der Waals surface area contributed by atoms with Crippen molar-refractivity contribution in [1.29, 1.82) is 0 Å². The minimum atomic E-state index is -4.46. The van der Waals surface area contributed by atoms with Gasteiger partial charge in [-0.25, -0.2) is 0 Å². The van der Waals surface area contributed by atoms with Crippen molar-refractivity contribution in [3.05, 3.63) is 102 Å². The van der Waals surface area contributed by atoms with E-state index in [9.17, 15) is 13.2 Å². The topological polar surface area (TPSA) is 44.5 Å². The van der Waals surface area contributed by atoms with Crippen molar-refractivity contribution in [2.45, 2.75) is 12.1 Å². The second-order valence-corrected chi connectivity index (χ2v) is 6.99. The third-order valence-electron chi connectivity index (χ3n) is 5.27. The van der Waals surface area contributed by atoms with Crippen molar-refractivity contribution in [2.75, 3.05) is 0 Å². The summed E-state index contributed by atoms with van der Waals surface area (Å²) in [4.78, 5) is 10.3. The standard InChI is InChI=1S/C23H16F3N3/c24-23(25,26)21-10-9-14(11-29-21)22(17-12-27-19-7-3-1-5-15(17)19)18-13-28-20-8-4-2-6-16(18)20/h1-13,22,27-28H. The van der Waals surface area contributed by atoms with Crippen LogP contribution in [0.15, 0.2) is 79.3 Å². The maximum Gasteiger partial charge on any atom is 0.433 e. The number of aromatic amines is 2. The molecule has 3 aromatic heterocycles. The van der Waals surface area contributed by atoms with Crippen LogP contribution >= 0.6 is 0 Å². The number of hydrogen-bond donors (Lipinski definition) is 2. The van der Waals surface area contributed by atoms with E-state index in [-0.39, 0.29) is 5.92 Å². The molecule has 0 unspecified atom stereocenters. The number of alkyl halides is 3. The molecule has 2 N–H and O–H groups in total. The fraction of sp³-hybridized carbons (Fsp3) is 0.0870. The number of aromatic nitrogens is 3. The monoisotopic (exact) mass is 391 g/mol. The van der Waals surface area contributed by atoms with E-state index in [0.717, 1.165) is 39.0 Å². The molecule has 0 amide bonds. The van der Waals surface area contributed by atoms with Gasteiger partial charge in [-0.15, -0.1) is 0 Å². The molecule has 0 saturated heterocycles. The van der Waals surface area contributed by atoms with Crippen LogP contribution in [-0.4, -0.2) is 15.0 Å². The number of nitrogens with zero attached hydrogens (tertiary/aromatic N) is 1. The molecule has 0 bridgehead atoms. The van der Waals surface area contributed by atoms with Crippen molar-refractivity contribution in [3.8, 4) is 0 Å². The predicted octanol–water partition coefficient (Wildman–Crippen LogP) is 6.24. The molecule has 0 fully saturated rings. The lowest BCUT2D eigenvalue weighted by molar-refractivity contribution is -0.141. The molecule has 144 valence electrons. The third-order valence-corrected chi connectivity index (χ3v) is 5.27. The maximum absolute atomic E-state index is 13.0. The molecule has 29 heavy (non-hydrogen) atoms. The lowest BCUT2D eigenvalue weighted by Gasteiger charge is -2.18. The van der Waals surface area contributed by atoms with Gasteiger partial charge in [0, 0.05) is 46.3 Å². The number of hydrogen-bond acceptors (Lipinski definition) is 1. The molecule has 3 heterocycles. The van der Waals surface area contributed by atoms with Gasteiger partial charge >= 0.3 is 6.18 Å². The molecule has 2 aromatic carbocycles. The summed E-state index contributed by atoms with van der Waals surface area (Å²) < 4.78 is 39.0. The Labute approximate surface area is 164 Å². The van der Waals surface area contributed by atoms with Crippen LogP contribution in [0.2, 0.25) is 0 Å². The Morgan fingerprint density at radius 1 is 0.724 bits per heavy atom. The van der Waals surface area contributed by atoms with E-state index in [1.807, 2.05) is 60.9 Å². The van der Waals surface area contributed by atoms with Crippen molar-refractivity contribution >= 4 is 21.8 Å². The van der Waals surface area contributed by atoms with Gasteiger partial charge in [-0.3, -0.25) is 4.98 Å². The number of H-pyrrole nitrogens is 2. The molecule has 0 atom stereocenters. The smallest absolute Gasteiger partial charge is 0.361 e. The first-order valence-corrected chi connectivity index (χ1v) is 9.17. The zero-order valence-electron chi connectivity index (χ0n) is 15.2. The highest BCUT2D eigenvalue weighted by molar-refractivity contribution is 5.89. The Kier molecular flexibility index (Phi) is 3.94. The van der Waals surface area contributed by atoms with Crippen LogP contribution in [0.1, 0.15) is 28.3 Å². The number of halogens is 3. The predicted molar refractivity (Wildman–Crippen MR) is 107 cm³/mol. The van der Waals surface area contributed by atoms with Gasteiger partial charge in [-0.2, -0.15) is 13.2 Å². The van der Waals surface area contributed by atoms with E-state index in [0.29, 0.717) is 5.56 Å². The van der Waals surface area contributed by atoms with E-state index in [1.165, 1.54) is 12.3 Å². The van der Waals surface area contributed by atoms with Crippen LogP contribution in [0.5, 0.6) is 0 Å². The highest BCUT2D eigenvalue weighted by Crippen LogP contribution is 2.39. The Hall–Kier alpha value is -3.54. The van der Waals surface area contributed by atoms with Gasteiger partial charge < -0.3 is 9.97 Å². The van der Waals surface area contributed by atoms with Crippen LogP contribution in [-0.2, 0) is 6.18 Å². The number of para-hydroxylation sites is 2. The first-order valence-electron chi connectivity index (χ1n) is 9.17. The first kappa shape index (κ1) is 17.6. The van der Waals surface area contributed by atoms with Gasteiger partial charge in [-0.1, -0.05) is 42.5 Å². The van der Waals surface area contributed by atoms with Gasteiger partial charge in [-0.05, 0) is 34.9 Å². The highest BCUT2D eigenvalue weighted by Gasteiger charge is 2.33. The first-order chi connectivity index (χ1) is 14.0. The summed E-state index contributed by atoms with van der Waals surface area (Å²) in [6, 6.07) is 18.4. The zero-order valence-corrected chi connectivity index (χ0v) is 15.2. The molecule has 3 nitrogen and oxygen atoms in total. The summed E-state index contributed by atoms with van der Waals surface area (Å²) in [7, 11) is 0. The molecule has 0 aliphatic heterocycles. The SMILES string of the molecule is FC(F)(F)c1ccc(C(c2c[nH]c3ccccc23)c2c[nH]c3ccccc23)cn1. The second kappa shape index (κ2) is 6.51. The maximum atomic E-state index is 13.0. The minimum absolute atomic E-state index is 0.267. The lowest BCUT2D eigenvalue weighted by atomic mass is 9.85. The average Bonchev–Trinajstić information content (AvgIpc) is 3.34. The Morgan fingerprint density at radius 3 is 1.76 bits per heavy atom. The second-order valence-electron chi connectivity index (χ2n) is 6.99. The molecule has 0 aliphatic carbocycles. The number of pyridine rings is 1. The van der Waals surface area contributed by atoms with Crippen LogP contribution in [0, 0.1) is 0 Å². The van der Waals surface area contributed by atoms with Crippen LogP contribution in [0.25, 0.3) is 21.8 Å². The van der Waals surface area contributed by atoms with Crippen LogP contribution < -0.4 is 0 Å². The van der Waals surface area contributed by atoms with Crippen LogP contribution in [0.3, 0.4) is 0 Å². The highest BCUT2D eigenvalue weighted by atomic mass is 19.4.